The number of thioether (sulfide) groups is 1. The van der Waals surface area contributed by atoms with Gasteiger partial charge in [0.15, 0.2) is 5.16 Å². The number of methoxy groups -OCH3 is 1. The van der Waals surface area contributed by atoms with E-state index in [9.17, 15) is 14.0 Å². The molecule has 144 valence electrons. The standard InChI is InChI=1S/C19H17FN4O3S/c1-27-16-7-5-14(6-8-16)22-18(26)23-17(25)12-28-19-21-9-10-24(19)15-4-2-3-13(20)11-15/h2-11H,12H2,1H3,(H2,22,23,25,26). The highest BCUT2D eigenvalue weighted by atomic mass is 32.2. The molecule has 0 aliphatic heterocycles. The Hall–Kier alpha value is -3.33. The fourth-order valence-corrected chi connectivity index (χ4v) is 3.12. The van der Waals surface area contributed by atoms with Crippen LogP contribution in [0.1, 0.15) is 0 Å². The summed E-state index contributed by atoms with van der Waals surface area (Å²) in [6.45, 7) is 0. The molecule has 2 aromatic carbocycles. The summed E-state index contributed by atoms with van der Waals surface area (Å²) >= 11 is 1.14. The zero-order chi connectivity index (χ0) is 19.9. The molecule has 3 aromatic rings. The number of nitrogens with one attached hydrogen (secondary N) is 2. The summed E-state index contributed by atoms with van der Waals surface area (Å²) in [5, 5.41) is 5.32. The number of hydrogen-bond donors (Lipinski definition) is 2. The summed E-state index contributed by atoms with van der Waals surface area (Å²) in [6, 6.07) is 12.1. The number of nitrogens with zero attached hydrogens (tertiary/aromatic N) is 2. The highest BCUT2D eigenvalue weighted by Crippen LogP contribution is 2.21. The fourth-order valence-electron chi connectivity index (χ4n) is 2.35. The minimum Gasteiger partial charge on any atom is -0.497 e. The van der Waals surface area contributed by atoms with Gasteiger partial charge in [0.05, 0.1) is 18.6 Å². The maximum Gasteiger partial charge on any atom is 0.325 e. The van der Waals surface area contributed by atoms with Gasteiger partial charge >= 0.3 is 6.03 Å². The van der Waals surface area contributed by atoms with Crippen molar-refractivity contribution in [3.63, 3.8) is 0 Å². The number of hydrogen-bond acceptors (Lipinski definition) is 5. The summed E-state index contributed by atoms with van der Waals surface area (Å²) in [5.41, 5.74) is 1.12. The molecule has 3 amide bonds. The van der Waals surface area contributed by atoms with Gasteiger partial charge in [-0.05, 0) is 42.5 Å². The average Bonchev–Trinajstić information content (AvgIpc) is 3.15. The van der Waals surface area contributed by atoms with Crippen molar-refractivity contribution in [1.29, 1.82) is 0 Å². The van der Waals surface area contributed by atoms with Crippen LogP contribution < -0.4 is 15.4 Å². The number of carbonyl (C=O) groups is 2. The zero-order valence-corrected chi connectivity index (χ0v) is 15.7. The van der Waals surface area contributed by atoms with Gasteiger partial charge < -0.3 is 10.1 Å². The molecule has 0 radical (unpaired) electrons. The molecule has 0 saturated heterocycles. The topological polar surface area (TPSA) is 85.2 Å². The fraction of sp³-hybridized carbons (Fsp3) is 0.105. The first kappa shape index (κ1) is 19.4. The van der Waals surface area contributed by atoms with Crippen LogP contribution in [0.4, 0.5) is 14.9 Å². The molecule has 0 unspecified atom stereocenters. The lowest BCUT2D eigenvalue weighted by Gasteiger charge is -2.09. The molecule has 0 saturated carbocycles. The monoisotopic (exact) mass is 400 g/mol. The lowest BCUT2D eigenvalue weighted by Crippen LogP contribution is -2.35. The number of anilines is 1. The largest absolute Gasteiger partial charge is 0.497 e. The Morgan fingerprint density at radius 3 is 2.71 bits per heavy atom. The Morgan fingerprint density at radius 2 is 2.00 bits per heavy atom. The highest BCUT2D eigenvalue weighted by molar-refractivity contribution is 7.99. The van der Waals surface area contributed by atoms with Crippen LogP contribution in [0.25, 0.3) is 5.69 Å². The van der Waals surface area contributed by atoms with E-state index in [1.807, 2.05) is 0 Å². The molecule has 0 aliphatic rings. The van der Waals surface area contributed by atoms with Crippen LogP contribution in [-0.4, -0.2) is 34.4 Å². The summed E-state index contributed by atoms with van der Waals surface area (Å²) in [6.07, 6.45) is 3.23. The second-order valence-electron chi connectivity index (χ2n) is 5.58. The quantitative estimate of drug-likeness (QED) is 0.619. The van der Waals surface area contributed by atoms with Gasteiger partial charge in [0.1, 0.15) is 11.6 Å². The van der Waals surface area contributed by atoms with Gasteiger partial charge in [-0.1, -0.05) is 17.8 Å². The Kier molecular flexibility index (Phi) is 6.28. The molecule has 1 aromatic heterocycles. The van der Waals surface area contributed by atoms with E-state index in [4.69, 9.17) is 4.74 Å². The van der Waals surface area contributed by atoms with E-state index in [0.29, 0.717) is 22.3 Å². The molecule has 7 nitrogen and oxygen atoms in total. The first-order chi connectivity index (χ1) is 13.5. The summed E-state index contributed by atoms with van der Waals surface area (Å²) in [7, 11) is 1.55. The molecular formula is C19H17FN4O3S. The minimum atomic E-state index is -0.635. The number of rotatable bonds is 6. The van der Waals surface area contributed by atoms with Crippen molar-refractivity contribution in [1.82, 2.24) is 14.9 Å². The van der Waals surface area contributed by atoms with E-state index < -0.39 is 11.9 Å². The molecule has 2 N–H and O–H groups in total. The third-order valence-corrected chi connectivity index (χ3v) is 4.59. The number of carbonyl (C=O) groups excluding carboxylic acids is 2. The van der Waals surface area contributed by atoms with Crippen LogP contribution in [-0.2, 0) is 4.79 Å². The Bertz CT molecular complexity index is 975. The van der Waals surface area contributed by atoms with Crippen LogP contribution in [0, 0.1) is 5.82 Å². The SMILES string of the molecule is COc1ccc(NC(=O)NC(=O)CSc2nccn2-c2cccc(F)c2)cc1. The van der Waals surface area contributed by atoms with Crippen molar-refractivity contribution >= 4 is 29.4 Å². The summed E-state index contributed by atoms with van der Waals surface area (Å²) in [5.74, 6) is -0.213. The third kappa shape index (κ3) is 5.10. The molecule has 0 spiro atoms. The van der Waals surface area contributed by atoms with E-state index in [1.165, 1.54) is 12.1 Å². The van der Waals surface area contributed by atoms with Crippen molar-refractivity contribution < 1.29 is 18.7 Å². The van der Waals surface area contributed by atoms with Crippen molar-refractivity contribution in [3.8, 4) is 11.4 Å². The van der Waals surface area contributed by atoms with Crippen LogP contribution in [0.3, 0.4) is 0 Å². The van der Waals surface area contributed by atoms with E-state index in [2.05, 4.69) is 15.6 Å². The molecule has 28 heavy (non-hydrogen) atoms. The van der Waals surface area contributed by atoms with Crippen molar-refractivity contribution in [2.75, 3.05) is 18.2 Å². The molecule has 9 heteroatoms. The molecule has 0 atom stereocenters. The van der Waals surface area contributed by atoms with Gasteiger partial charge in [-0.25, -0.2) is 14.2 Å². The lowest BCUT2D eigenvalue weighted by molar-refractivity contribution is -0.117. The first-order valence-corrected chi connectivity index (χ1v) is 9.20. The van der Waals surface area contributed by atoms with Gasteiger partial charge in [-0.3, -0.25) is 14.7 Å². The van der Waals surface area contributed by atoms with E-state index >= 15 is 0 Å². The minimum absolute atomic E-state index is 0.0254. The number of amides is 3. The number of urea groups is 1. The molecule has 3 rings (SSSR count). The Labute approximate surface area is 164 Å². The average molecular weight is 400 g/mol. The van der Waals surface area contributed by atoms with Gasteiger partial charge in [-0.15, -0.1) is 0 Å². The molecule has 0 bridgehead atoms. The van der Waals surface area contributed by atoms with Crippen LogP contribution >= 0.6 is 11.8 Å². The second kappa shape index (κ2) is 9.05. The number of halogens is 1. The second-order valence-corrected chi connectivity index (χ2v) is 6.52. The first-order valence-electron chi connectivity index (χ1n) is 8.22. The Morgan fingerprint density at radius 1 is 1.21 bits per heavy atom. The number of aromatic nitrogens is 2. The number of ether oxygens (including phenoxy) is 1. The smallest absolute Gasteiger partial charge is 0.325 e. The van der Waals surface area contributed by atoms with Gasteiger partial charge in [0, 0.05) is 18.1 Å². The molecule has 0 fully saturated rings. The number of benzene rings is 2. The molecular weight excluding hydrogens is 383 g/mol. The van der Waals surface area contributed by atoms with Gasteiger partial charge in [0.2, 0.25) is 5.91 Å². The van der Waals surface area contributed by atoms with Crippen LogP contribution in [0.5, 0.6) is 5.75 Å². The maximum atomic E-state index is 13.4. The predicted octanol–water partition coefficient (Wildman–Crippen LogP) is 3.46. The molecule has 0 aliphatic carbocycles. The van der Waals surface area contributed by atoms with E-state index in [1.54, 1.807) is 60.5 Å². The van der Waals surface area contributed by atoms with Crippen molar-refractivity contribution in [2.24, 2.45) is 0 Å². The molecule has 1 heterocycles. The van der Waals surface area contributed by atoms with Gasteiger partial charge in [0.25, 0.3) is 0 Å². The zero-order valence-electron chi connectivity index (χ0n) is 14.9. The van der Waals surface area contributed by atoms with E-state index in [-0.39, 0.29) is 11.6 Å². The lowest BCUT2D eigenvalue weighted by atomic mass is 10.3. The Balaban J connectivity index is 1.53. The normalized spacial score (nSPS) is 10.4. The summed E-state index contributed by atoms with van der Waals surface area (Å²) in [4.78, 5) is 28.1. The van der Waals surface area contributed by atoms with Crippen molar-refractivity contribution in [3.05, 3.63) is 66.7 Å². The van der Waals surface area contributed by atoms with Crippen LogP contribution in [0.15, 0.2) is 66.1 Å². The maximum absolute atomic E-state index is 13.4. The van der Waals surface area contributed by atoms with Gasteiger partial charge in [-0.2, -0.15) is 0 Å². The summed E-state index contributed by atoms with van der Waals surface area (Å²) < 4.78 is 20.1. The highest BCUT2D eigenvalue weighted by Gasteiger charge is 2.12. The number of imide groups is 1. The van der Waals surface area contributed by atoms with E-state index in [0.717, 1.165) is 11.8 Å². The third-order valence-electron chi connectivity index (χ3n) is 3.63. The van der Waals surface area contributed by atoms with Crippen molar-refractivity contribution in [2.45, 2.75) is 5.16 Å². The van der Waals surface area contributed by atoms with Crippen LogP contribution in [0.2, 0.25) is 0 Å². The predicted molar refractivity (Wildman–Crippen MR) is 104 cm³/mol. The number of imidazole rings is 1.